The molecule has 37 heavy (non-hydrogen) atoms. The molecule has 2 aromatic carbocycles. The van der Waals surface area contributed by atoms with Crippen LogP contribution in [-0.2, 0) is 16.1 Å². The number of aromatic nitrogens is 1. The number of likely N-dealkylation sites (tertiary alicyclic amines) is 1. The van der Waals surface area contributed by atoms with E-state index in [0.29, 0.717) is 35.0 Å². The highest BCUT2D eigenvalue weighted by Gasteiger charge is 2.47. The van der Waals surface area contributed by atoms with Crippen molar-refractivity contribution < 1.29 is 28.9 Å². The zero-order valence-corrected chi connectivity index (χ0v) is 21.1. The number of amides is 1. The molecule has 1 aliphatic heterocycles. The van der Waals surface area contributed by atoms with E-state index < -0.39 is 17.7 Å². The number of ketones is 1. The zero-order chi connectivity index (χ0) is 26.4. The van der Waals surface area contributed by atoms with Gasteiger partial charge in [0.25, 0.3) is 11.7 Å². The number of carbonyl (C=O) groups is 2. The van der Waals surface area contributed by atoms with Crippen LogP contribution in [-0.4, -0.2) is 47.5 Å². The number of aliphatic hydroxyl groups excluding tert-OH is 1. The lowest BCUT2D eigenvalue weighted by molar-refractivity contribution is -0.140. The SMILES string of the molecule is CCCCOc1ccc(/C(O)=C2\C(=O)C(=O)N(Cc3cccnc3)[C@@H]2c2cc(OC)ccc2OC)cc1. The summed E-state index contributed by atoms with van der Waals surface area (Å²) in [6.07, 6.45) is 5.22. The van der Waals surface area contributed by atoms with Gasteiger partial charge in [-0.25, -0.2) is 0 Å². The quantitative estimate of drug-likeness (QED) is 0.182. The van der Waals surface area contributed by atoms with Gasteiger partial charge in [-0.15, -0.1) is 0 Å². The van der Waals surface area contributed by atoms with Crippen LogP contribution < -0.4 is 14.2 Å². The third-order valence-electron chi connectivity index (χ3n) is 6.24. The summed E-state index contributed by atoms with van der Waals surface area (Å²) in [5.41, 5.74) is 1.63. The van der Waals surface area contributed by atoms with Gasteiger partial charge >= 0.3 is 0 Å². The number of nitrogens with zero attached hydrogens (tertiary/aromatic N) is 2. The van der Waals surface area contributed by atoms with Crippen molar-refractivity contribution in [1.82, 2.24) is 9.88 Å². The number of carbonyl (C=O) groups excluding carboxylic acids is 2. The average molecular weight is 503 g/mol. The Hall–Kier alpha value is -4.33. The Balaban J connectivity index is 1.82. The van der Waals surface area contributed by atoms with Gasteiger partial charge in [-0.05, 0) is 60.5 Å². The van der Waals surface area contributed by atoms with Crippen LogP contribution in [0.3, 0.4) is 0 Å². The van der Waals surface area contributed by atoms with E-state index in [0.717, 1.165) is 18.4 Å². The number of hydrogen-bond donors (Lipinski definition) is 1. The van der Waals surface area contributed by atoms with Crippen molar-refractivity contribution >= 4 is 17.4 Å². The van der Waals surface area contributed by atoms with Crippen LogP contribution >= 0.6 is 0 Å². The molecule has 1 N–H and O–H groups in total. The lowest BCUT2D eigenvalue weighted by Crippen LogP contribution is -2.29. The van der Waals surface area contributed by atoms with E-state index in [-0.39, 0.29) is 17.9 Å². The molecule has 4 rings (SSSR count). The Morgan fingerprint density at radius 2 is 1.78 bits per heavy atom. The second-order valence-electron chi connectivity index (χ2n) is 8.62. The summed E-state index contributed by atoms with van der Waals surface area (Å²) in [6.45, 7) is 2.79. The van der Waals surface area contributed by atoms with Gasteiger partial charge in [0.15, 0.2) is 0 Å². The lowest BCUT2D eigenvalue weighted by atomic mass is 9.94. The van der Waals surface area contributed by atoms with Crippen LogP contribution in [0, 0.1) is 0 Å². The molecule has 192 valence electrons. The van der Waals surface area contributed by atoms with Gasteiger partial charge in [0.05, 0.1) is 32.4 Å². The maximum Gasteiger partial charge on any atom is 0.295 e. The minimum absolute atomic E-state index is 0.0277. The predicted molar refractivity (Wildman–Crippen MR) is 138 cm³/mol. The van der Waals surface area contributed by atoms with Crippen molar-refractivity contribution in [2.75, 3.05) is 20.8 Å². The Labute approximate surface area is 216 Å². The molecule has 0 bridgehead atoms. The number of unbranched alkanes of at least 4 members (excludes halogenated alkanes) is 1. The van der Waals surface area contributed by atoms with Crippen molar-refractivity contribution in [2.24, 2.45) is 0 Å². The van der Waals surface area contributed by atoms with Crippen molar-refractivity contribution in [3.8, 4) is 17.2 Å². The first-order valence-corrected chi connectivity index (χ1v) is 12.1. The molecule has 1 aliphatic rings. The van der Waals surface area contributed by atoms with Crippen molar-refractivity contribution in [3.05, 3.63) is 89.3 Å². The van der Waals surface area contributed by atoms with Crippen LogP contribution in [0.25, 0.3) is 5.76 Å². The molecule has 0 saturated carbocycles. The third-order valence-corrected chi connectivity index (χ3v) is 6.24. The highest BCUT2D eigenvalue weighted by molar-refractivity contribution is 6.46. The molecule has 1 amide bonds. The van der Waals surface area contributed by atoms with E-state index in [4.69, 9.17) is 14.2 Å². The fraction of sp³-hybridized carbons (Fsp3) is 0.276. The number of aliphatic hydroxyl groups is 1. The standard InChI is InChI=1S/C29H30N2O6/c1-4-5-15-37-21-10-8-20(9-11-21)27(32)25-26(23-16-22(35-2)12-13-24(23)36-3)31(29(34)28(25)33)18-19-7-6-14-30-17-19/h6-14,16-17,26,32H,4-5,15,18H2,1-3H3/b27-25+/t26-/m1/s1. The monoisotopic (exact) mass is 502 g/mol. The average Bonchev–Trinajstić information content (AvgIpc) is 3.18. The second kappa shape index (κ2) is 11.6. The van der Waals surface area contributed by atoms with E-state index >= 15 is 0 Å². The van der Waals surface area contributed by atoms with Crippen LogP contribution in [0.4, 0.5) is 0 Å². The Morgan fingerprint density at radius 3 is 2.43 bits per heavy atom. The van der Waals surface area contributed by atoms with Gasteiger partial charge in [0.1, 0.15) is 23.0 Å². The number of pyridine rings is 1. The van der Waals surface area contributed by atoms with Crippen LogP contribution in [0.1, 0.15) is 42.5 Å². The van der Waals surface area contributed by atoms with E-state index in [1.807, 2.05) is 6.07 Å². The first-order valence-electron chi connectivity index (χ1n) is 12.1. The zero-order valence-electron chi connectivity index (χ0n) is 21.1. The highest BCUT2D eigenvalue weighted by Crippen LogP contribution is 2.44. The van der Waals surface area contributed by atoms with Crippen molar-refractivity contribution in [3.63, 3.8) is 0 Å². The predicted octanol–water partition coefficient (Wildman–Crippen LogP) is 4.90. The van der Waals surface area contributed by atoms with E-state index in [2.05, 4.69) is 11.9 Å². The minimum Gasteiger partial charge on any atom is -0.507 e. The molecular formula is C29H30N2O6. The second-order valence-corrected chi connectivity index (χ2v) is 8.62. The highest BCUT2D eigenvalue weighted by atomic mass is 16.5. The summed E-state index contributed by atoms with van der Waals surface area (Å²) in [7, 11) is 3.04. The fourth-order valence-electron chi connectivity index (χ4n) is 4.31. The summed E-state index contributed by atoms with van der Waals surface area (Å²) in [5, 5.41) is 11.4. The summed E-state index contributed by atoms with van der Waals surface area (Å²) < 4.78 is 16.7. The van der Waals surface area contributed by atoms with Crippen molar-refractivity contribution in [2.45, 2.75) is 32.4 Å². The van der Waals surface area contributed by atoms with Gasteiger partial charge in [0, 0.05) is 30.1 Å². The largest absolute Gasteiger partial charge is 0.507 e. The number of rotatable bonds is 10. The van der Waals surface area contributed by atoms with Gasteiger partial charge in [-0.1, -0.05) is 19.4 Å². The first kappa shape index (κ1) is 25.8. The minimum atomic E-state index is -0.911. The van der Waals surface area contributed by atoms with Gasteiger partial charge in [0.2, 0.25) is 0 Å². The van der Waals surface area contributed by atoms with Crippen LogP contribution in [0.5, 0.6) is 17.2 Å². The van der Waals surface area contributed by atoms with E-state index in [1.54, 1.807) is 60.9 Å². The summed E-state index contributed by atoms with van der Waals surface area (Å²) >= 11 is 0. The maximum absolute atomic E-state index is 13.4. The molecule has 1 fully saturated rings. The fourth-order valence-corrected chi connectivity index (χ4v) is 4.31. The van der Waals surface area contributed by atoms with Gasteiger partial charge < -0.3 is 24.2 Å². The van der Waals surface area contributed by atoms with Crippen LogP contribution in [0.2, 0.25) is 0 Å². The molecular weight excluding hydrogens is 472 g/mol. The topological polar surface area (TPSA) is 98.2 Å². The Morgan fingerprint density at radius 1 is 1.03 bits per heavy atom. The van der Waals surface area contributed by atoms with Gasteiger partial charge in [-0.2, -0.15) is 0 Å². The molecule has 0 radical (unpaired) electrons. The lowest BCUT2D eigenvalue weighted by Gasteiger charge is -2.27. The Kier molecular flexibility index (Phi) is 8.08. The molecule has 0 aliphatic carbocycles. The molecule has 2 heterocycles. The number of methoxy groups -OCH3 is 2. The molecule has 8 heteroatoms. The number of benzene rings is 2. The number of hydrogen-bond acceptors (Lipinski definition) is 7. The molecule has 1 saturated heterocycles. The third kappa shape index (κ3) is 5.43. The van der Waals surface area contributed by atoms with E-state index in [1.165, 1.54) is 19.1 Å². The molecule has 0 spiro atoms. The van der Waals surface area contributed by atoms with Crippen molar-refractivity contribution in [1.29, 1.82) is 0 Å². The van der Waals surface area contributed by atoms with Gasteiger partial charge in [-0.3, -0.25) is 14.6 Å². The summed E-state index contributed by atoms with van der Waals surface area (Å²) in [6, 6.07) is 14.6. The molecule has 1 aromatic heterocycles. The summed E-state index contributed by atoms with van der Waals surface area (Å²) in [5.74, 6) is -0.139. The number of Topliss-reactive ketones (excluding diaryl/α,β-unsaturated/α-hetero) is 1. The van der Waals surface area contributed by atoms with Crippen LogP contribution in [0.15, 0.2) is 72.6 Å². The molecule has 0 unspecified atom stereocenters. The molecule has 8 nitrogen and oxygen atoms in total. The normalized spacial score (nSPS) is 16.6. The maximum atomic E-state index is 13.4. The molecule has 3 aromatic rings. The van der Waals surface area contributed by atoms with E-state index in [9.17, 15) is 14.7 Å². The Bertz CT molecular complexity index is 1290. The smallest absolute Gasteiger partial charge is 0.295 e. The summed E-state index contributed by atoms with van der Waals surface area (Å²) in [4.78, 5) is 32.2. The number of ether oxygens (including phenoxy) is 3. The first-order chi connectivity index (χ1) is 18.0. The molecule has 1 atom stereocenters.